The molecule has 0 aromatic heterocycles. The van der Waals surface area contributed by atoms with Crippen LogP contribution in [0.15, 0.2) is 23.1 Å². The van der Waals surface area contributed by atoms with Gasteiger partial charge in [0.05, 0.1) is 5.02 Å². The van der Waals surface area contributed by atoms with Crippen molar-refractivity contribution in [3.05, 3.63) is 28.8 Å². The molecule has 0 radical (unpaired) electrons. The molecule has 19 heavy (non-hydrogen) atoms. The van der Waals surface area contributed by atoms with Crippen molar-refractivity contribution >= 4 is 38.8 Å². The Morgan fingerprint density at radius 3 is 2.79 bits per heavy atom. The Morgan fingerprint density at radius 2 is 2.26 bits per heavy atom. The first-order chi connectivity index (χ1) is 8.85. The van der Waals surface area contributed by atoms with E-state index >= 15 is 0 Å². The molecule has 104 valence electrons. The third-order valence-corrected chi connectivity index (χ3v) is 5.47. The molecule has 3 N–H and O–H groups in total. The number of rotatable bonds is 5. The Hall–Kier alpha value is -0.690. The van der Waals surface area contributed by atoms with Gasteiger partial charge in [-0.2, -0.15) is 0 Å². The van der Waals surface area contributed by atoms with Gasteiger partial charge in [-0.25, -0.2) is 13.1 Å². The van der Waals surface area contributed by atoms with Crippen molar-refractivity contribution in [2.24, 2.45) is 11.7 Å². The van der Waals surface area contributed by atoms with Gasteiger partial charge in [-0.05, 0) is 24.5 Å². The summed E-state index contributed by atoms with van der Waals surface area (Å²) in [6.07, 6.45) is 1.84. The van der Waals surface area contributed by atoms with E-state index in [0.29, 0.717) is 11.5 Å². The summed E-state index contributed by atoms with van der Waals surface area (Å²) in [5, 5.41) is 0.168. The normalized spacial score (nSPS) is 22.2. The third-order valence-electron chi connectivity index (χ3n) is 3.26. The molecule has 0 bridgehead atoms. The average Bonchev–Trinajstić information content (AvgIpc) is 3.06. The monoisotopic (exact) mass is 318 g/mol. The summed E-state index contributed by atoms with van der Waals surface area (Å²) in [4.78, 5) is 0.173. The standard InChI is InChI=1S/C12H15ClN2O2S2/c1-2-7-5-10(7)15-19(16,17)11-6-8(12(14)18)3-4-9(11)13/h3-4,6-7,10,15H,2,5H2,1H3,(H2,14,18). The molecule has 0 aliphatic heterocycles. The number of sulfonamides is 1. The van der Waals surface area contributed by atoms with E-state index in [9.17, 15) is 8.42 Å². The summed E-state index contributed by atoms with van der Waals surface area (Å²) in [6.45, 7) is 2.04. The number of thiocarbonyl (C=S) groups is 1. The van der Waals surface area contributed by atoms with E-state index in [4.69, 9.17) is 29.6 Å². The molecule has 1 fully saturated rings. The lowest BCUT2D eigenvalue weighted by Gasteiger charge is -2.09. The topological polar surface area (TPSA) is 72.2 Å². The summed E-state index contributed by atoms with van der Waals surface area (Å²) >= 11 is 10.8. The van der Waals surface area contributed by atoms with E-state index in [-0.39, 0.29) is 20.9 Å². The summed E-state index contributed by atoms with van der Waals surface area (Å²) < 4.78 is 27.2. The molecule has 2 unspecified atom stereocenters. The fourth-order valence-electron chi connectivity index (χ4n) is 1.97. The minimum absolute atomic E-state index is 0.0135. The van der Waals surface area contributed by atoms with Crippen LogP contribution in [0.5, 0.6) is 0 Å². The number of halogens is 1. The molecule has 1 saturated carbocycles. The van der Waals surface area contributed by atoms with Gasteiger partial charge < -0.3 is 5.73 Å². The van der Waals surface area contributed by atoms with Crippen LogP contribution in [0.25, 0.3) is 0 Å². The maximum Gasteiger partial charge on any atom is 0.242 e. The number of hydrogen-bond acceptors (Lipinski definition) is 3. The van der Waals surface area contributed by atoms with Crippen LogP contribution in [0.3, 0.4) is 0 Å². The molecule has 0 saturated heterocycles. The van der Waals surface area contributed by atoms with Crippen molar-refractivity contribution in [2.45, 2.75) is 30.7 Å². The van der Waals surface area contributed by atoms with Crippen LogP contribution < -0.4 is 10.5 Å². The van der Waals surface area contributed by atoms with Gasteiger partial charge in [-0.1, -0.05) is 43.2 Å². The van der Waals surface area contributed by atoms with Gasteiger partial charge in [0.25, 0.3) is 0 Å². The Kier molecular flexibility index (Phi) is 4.15. The summed E-state index contributed by atoms with van der Waals surface area (Å²) in [5.41, 5.74) is 5.99. The summed E-state index contributed by atoms with van der Waals surface area (Å²) in [6, 6.07) is 4.53. The van der Waals surface area contributed by atoms with E-state index in [1.807, 2.05) is 6.92 Å². The largest absolute Gasteiger partial charge is 0.389 e. The van der Waals surface area contributed by atoms with Crippen molar-refractivity contribution in [3.8, 4) is 0 Å². The molecule has 1 aliphatic carbocycles. The van der Waals surface area contributed by atoms with Gasteiger partial charge in [0.15, 0.2) is 0 Å². The van der Waals surface area contributed by atoms with Crippen LogP contribution in [-0.2, 0) is 10.0 Å². The Morgan fingerprint density at radius 1 is 1.58 bits per heavy atom. The van der Waals surface area contributed by atoms with Gasteiger partial charge in [-0.15, -0.1) is 0 Å². The second-order valence-electron chi connectivity index (χ2n) is 4.64. The van der Waals surface area contributed by atoms with E-state index in [1.165, 1.54) is 12.1 Å². The van der Waals surface area contributed by atoms with Crippen molar-refractivity contribution in [1.29, 1.82) is 0 Å². The van der Waals surface area contributed by atoms with Gasteiger partial charge in [0.2, 0.25) is 10.0 Å². The first-order valence-electron chi connectivity index (χ1n) is 5.97. The van der Waals surface area contributed by atoms with E-state index < -0.39 is 10.0 Å². The highest BCUT2D eigenvalue weighted by Gasteiger charge is 2.39. The molecule has 0 spiro atoms. The molecule has 1 aromatic carbocycles. The zero-order valence-electron chi connectivity index (χ0n) is 10.4. The molecular formula is C12H15ClN2O2S2. The van der Waals surface area contributed by atoms with Crippen molar-refractivity contribution < 1.29 is 8.42 Å². The van der Waals surface area contributed by atoms with E-state index in [0.717, 1.165) is 12.8 Å². The third kappa shape index (κ3) is 3.25. The smallest absolute Gasteiger partial charge is 0.242 e. The molecule has 1 aliphatic rings. The number of nitrogens with two attached hydrogens (primary N) is 1. The lowest BCUT2D eigenvalue weighted by atomic mass is 10.2. The summed E-state index contributed by atoms with van der Waals surface area (Å²) in [5.74, 6) is 0.423. The minimum Gasteiger partial charge on any atom is -0.389 e. The predicted molar refractivity (Wildman–Crippen MR) is 79.8 cm³/mol. The number of benzene rings is 1. The van der Waals surface area contributed by atoms with Gasteiger partial charge in [0, 0.05) is 11.6 Å². The predicted octanol–water partition coefficient (Wildman–Crippen LogP) is 2.05. The molecule has 2 atom stereocenters. The maximum absolute atomic E-state index is 12.3. The zero-order valence-corrected chi connectivity index (χ0v) is 12.8. The molecule has 1 aromatic rings. The summed E-state index contributed by atoms with van der Waals surface area (Å²) in [7, 11) is -3.62. The number of nitrogens with one attached hydrogen (secondary N) is 1. The van der Waals surface area contributed by atoms with Gasteiger partial charge in [0.1, 0.15) is 9.88 Å². The lowest BCUT2D eigenvalue weighted by molar-refractivity contribution is 0.576. The van der Waals surface area contributed by atoms with Crippen LogP contribution >= 0.6 is 23.8 Å². The van der Waals surface area contributed by atoms with Gasteiger partial charge >= 0.3 is 0 Å². The fourth-order valence-corrected chi connectivity index (χ4v) is 3.94. The van der Waals surface area contributed by atoms with Crippen LogP contribution in [0.2, 0.25) is 5.02 Å². The minimum atomic E-state index is -3.62. The van der Waals surface area contributed by atoms with E-state index in [2.05, 4.69) is 4.72 Å². The van der Waals surface area contributed by atoms with Gasteiger partial charge in [-0.3, -0.25) is 0 Å². The molecule has 7 heteroatoms. The first-order valence-corrected chi connectivity index (χ1v) is 8.23. The highest BCUT2D eigenvalue weighted by molar-refractivity contribution is 7.89. The van der Waals surface area contributed by atoms with Crippen molar-refractivity contribution in [1.82, 2.24) is 4.72 Å². The van der Waals surface area contributed by atoms with Crippen molar-refractivity contribution in [2.75, 3.05) is 0 Å². The van der Waals surface area contributed by atoms with Crippen LogP contribution in [-0.4, -0.2) is 19.4 Å². The van der Waals surface area contributed by atoms with Crippen molar-refractivity contribution in [3.63, 3.8) is 0 Å². The molecule has 4 nitrogen and oxygen atoms in total. The second kappa shape index (κ2) is 5.36. The zero-order chi connectivity index (χ0) is 14.2. The first kappa shape index (κ1) is 14.7. The van der Waals surface area contributed by atoms with Crippen LogP contribution in [0.1, 0.15) is 25.3 Å². The fraction of sp³-hybridized carbons (Fsp3) is 0.417. The van der Waals surface area contributed by atoms with Crippen LogP contribution in [0.4, 0.5) is 0 Å². The molecule has 0 amide bonds. The average molecular weight is 319 g/mol. The highest BCUT2D eigenvalue weighted by Crippen LogP contribution is 2.35. The van der Waals surface area contributed by atoms with E-state index in [1.54, 1.807) is 6.07 Å². The van der Waals surface area contributed by atoms with Crippen LogP contribution in [0, 0.1) is 5.92 Å². The lowest BCUT2D eigenvalue weighted by Crippen LogP contribution is -2.27. The number of hydrogen-bond donors (Lipinski definition) is 2. The SMILES string of the molecule is CCC1CC1NS(=O)(=O)c1cc(C(N)=S)ccc1Cl. The molecule has 0 heterocycles. The quantitative estimate of drug-likeness (QED) is 0.815. The maximum atomic E-state index is 12.3. The molecule has 2 rings (SSSR count). The molecular weight excluding hydrogens is 304 g/mol. The highest BCUT2D eigenvalue weighted by atomic mass is 35.5. The second-order valence-corrected chi connectivity index (χ2v) is 7.17. The Bertz CT molecular complexity index is 616. The Balaban J connectivity index is 2.29. The Labute approximate surface area is 123 Å².